The van der Waals surface area contributed by atoms with E-state index in [9.17, 15) is 4.79 Å². The Labute approximate surface area is 161 Å². The predicted octanol–water partition coefficient (Wildman–Crippen LogP) is 3.96. The maximum Gasteiger partial charge on any atom is 0.306 e. The van der Waals surface area contributed by atoms with Crippen molar-refractivity contribution in [1.29, 1.82) is 0 Å². The lowest BCUT2D eigenvalue weighted by Crippen LogP contribution is -2.24. The second-order valence-electron chi connectivity index (χ2n) is 8.40. The Hall–Kier alpha value is -1.65. The van der Waals surface area contributed by atoms with Gasteiger partial charge in [0.25, 0.3) is 0 Å². The highest BCUT2D eigenvalue weighted by atomic mass is 16.5. The van der Waals surface area contributed by atoms with Gasteiger partial charge in [-0.25, -0.2) is 0 Å². The molecule has 4 nitrogen and oxygen atoms in total. The molecule has 4 heteroatoms. The molecule has 0 N–H and O–H groups in total. The minimum atomic E-state index is -0.0120. The Kier molecular flexibility index (Phi) is 5.65. The van der Waals surface area contributed by atoms with Crippen molar-refractivity contribution in [3.63, 3.8) is 0 Å². The van der Waals surface area contributed by atoms with Crippen molar-refractivity contribution in [2.45, 2.75) is 57.0 Å². The van der Waals surface area contributed by atoms with Crippen LogP contribution in [0.2, 0.25) is 0 Å². The largest absolute Gasteiger partial charge is 0.465 e. The van der Waals surface area contributed by atoms with Gasteiger partial charge in [-0.2, -0.15) is 0 Å². The van der Waals surface area contributed by atoms with Crippen LogP contribution in [0.4, 0.5) is 0 Å². The molecule has 1 aliphatic heterocycles. The Balaban J connectivity index is 1.32. The first-order chi connectivity index (χ1) is 13.2. The van der Waals surface area contributed by atoms with Crippen molar-refractivity contribution < 1.29 is 19.0 Å². The molecular formula is C23H30O4. The van der Waals surface area contributed by atoms with E-state index in [1.807, 2.05) is 0 Å². The Bertz CT molecular complexity index is 698. The van der Waals surface area contributed by atoms with Gasteiger partial charge in [0.05, 0.1) is 39.0 Å². The van der Waals surface area contributed by atoms with Crippen molar-refractivity contribution >= 4 is 5.97 Å². The second kappa shape index (κ2) is 8.15. The van der Waals surface area contributed by atoms with E-state index in [1.165, 1.54) is 23.1 Å². The van der Waals surface area contributed by atoms with Crippen LogP contribution in [-0.2, 0) is 31.8 Å². The number of carbonyl (C=O) groups excluding carboxylic acids is 1. The number of hydrogen-bond donors (Lipinski definition) is 0. The van der Waals surface area contributed by atoms with E-state index in [1.54, 1.807) is 6.08 Å². The molecule has 0 bridgehead atoms. The second-order valence-corrected chi connectivity index (χ2v) is 8.40. The van der Waals surface area contributed by atoms with Crippen LogP contribution in [0.15, 0.2) is 30.9 Å². The summed E-state index contributed by atoms with van der Waals surface area (Å²) in [4.78, 5) is 11.6. The fourth-order valence-electron chi connectivity index (χ4n) is 5.00. The topological polar surface area (TPSA) is 44.8 Å². The average molecular weight is 370 g/mol. The molecule has 2 fully saturated rings. The van der Waals surface area contributed by atoms with Gasteiger partial charge in [-0.1, -0.05) is 24.3 Å². The van der Waals surface area contributed by atoms with Crippen LogP contribution in [0.5, 0.6) is 0 Å². The molecule has 0 radical (unpaired) electrons. The molecule has 1 heterocycles. The van der Waals surface area contributed by atoms with Gasteiger partial charge >= 0.3 is 5.97 Å². The van der Waals surface area contributed by atoms with Crippen LogP contribution in [0, 0.1) is 5.41 Å². The first-order valence-electron chi connectivity index (χ1n) is 10.2. The van der Waals surface area contributed by atoms with E-state index in [2.05, 4.69) is 24.8 Å². The molecule has 1 saturated carbocycles. The number of cyclic esters (lactones) is 1. The molecule has 3 aliphatic rings. The van der Waals surface area contributed by atoms with Crippen molar-refractivity contribution in [1.82, 2.24) is 0 Å². The lowest BCUT2D eigenvalue weighted by molar-refractivity contribution is -0.137. The molecule has 1 unspecified atom stereocenters. The first kappa shape index (κ1) is 18.7. The van der Waals surface area contributed by atoms with Crippen molar-refractivity contribution in [3.05, 3.63) is 47.5 Å². The molecule has 146 valence electrons. The number of carbonyl (C=O) groups is 1. The fourth-order valence-corrected chi connectivity index (χ4v) is 5.00. The van der Waals surface area contributed by atoms with E-state index < -0.39 is 0 Å². The smallest absolute Gasteiger partial charge is 0.306 e. The van der Waals surface area contributed by atoms with Gasteiger partial charge in [-0.05, 0) is 61.1 Å². The van der Waals surface area contributed by atoms with E-state index in [-0.39, 0.29) is 11.4 Å². The summed E-state index contributed by atoms with van der Waals surface area (Å²) in [5.41, 5.74) is 4.47. The number of esters is 1. The summed E-state index contributed by atoms with van der Waals surface area (Å²) in [5, 5.41) is 0. The minimum absolute atomic E-state index is 0.0120. The first-order valence-corrected chi connectivity index (χ1v) is 10.2. The van der Waals surface area contributed by atoms with Crippen molar-refractivity contribution in [2.24, 2.45) is 5.41 Å². The van der Waals surface area contributed by atoms with E-state index in [0.717, 1.165) is 32.1 Å². The highest BCUT2D eigenvalue weighted by Crippen LogP contribution is 2.51. The number of hydrogen-bond acceptors (Lipinski definition) is 4. The zero-order valence-electron chi connectivity index (χ0n) is 16.1. The molecule has 1 spiro atoms. The lowest BCUT2D eigenvalue weighted by atomic mass is 9.82. The van der Waals surface area contributed by atoms with Gasteiger partial charge in [-0.15, -0.1) is 6.58 Å². The van der Waals surface area contributed by atoms with Gasteiger partial charge < -0.3 is 14.2 Å². The van der Waals surface area contributed by atoms with Gasteiger partial charge in [-0.3, -0.25) is 4.79 Å². The summed E-state index contributed by atoms with van der Waals surface area (Å²) in [7, 11) is 0. The van der Waals surface area contributed by atoms with E-state index >= 15 is 0 Å². The highest BCUT2D eigenvalue weighted by Gasteiger charge is 2.46. The molecule has 1 aromatic carbocycles. The number of fused-ring (bicyclic) bond motifs is 1. The summed E-state index contributed by atoms with van der Waals surface area (Å²) in [5.74, 6) is 0.558. The molecule has 27 heavy (non-hydrogen) atoms. The van der Waals surface area contributed by atoms with E-state index in [4.69, 9.17) is 14.2 Å². The molecule has 1 saturated heterocycles. The molecule has 2 aliphatic carbocycles. The summed E-state index contributed by atoms with van der Waals surface area (Å²) in [6.45, 7) is 6.14. The third-order valence-electron chi connectivity index (χ3n) is 6.46. The quantitative estimate of drug-likeness (QED) is 0.414. The summed E-state index contributed by atoms with van der Waals surface area (Å²) >= 11 is 0. The summed E-state index contributed by atoms with van der Waals surface area (Å²) in [6.07, 6.45) is 9.21. The Morgan fingerprint density at radius 1 is 1.26 bits per heavy atom. The predicted molar refractivity (Wildman–Crippen MR) is 104 cm³/mol. The van der Waals surface area contributed by atoms with Crippen LogP contribution in [0.25, 0.3) is 0 Å². The van der Waals surface area contributed by atoms with Gasteiger partial charge in [0.15, 0.2) is 0 Å². The van der Waals surface area contributed by atoms with Crippen LogP contribution >= 0.6 is 0 Å². The molecule has 3 atom stereocenters. The number of benzene rings is 1. The SMILES string of the molecule is C=CCOCCOC1CCc2cc([C@H]3CC[C@]4(COC(=O)C4)C3)ccc2C1. The minimum Gasteiger partial charge on any atom is -0.465 e. The standard InChI is InChI=1S/C23H30O4/c1-2-9-25-10-11-26-21-6-5-17-12-18(3-4-19(17)13-21)20-7-8-23(14-20)15-22(24)27-16-23/h2-4,12,20-21H,1,5-11,13-16H2/t20-,21?,23-/m0/s1. The highest BCUT2D eigenvalue weighted by molar-refractivity contribution is 5.72. The third-order valence-corrected chi connectivity index (χ3v) is 6.46. The zero-order valence-corrected chi connectivity index (χ0v) is 16.1. The maximum atomic E-state index is 11.6. The monoisotopic (exact) mass is 370 g/mol. The van der Waals surface area contributed by atoms with Crippen LogP contribution in [0.1, 0.15) is 54.7 Å². The molecule has 0 aromatic heterocycles. The van der Waals surface area contributed by atoms with Gasteiger partial charge in [0, 0.05) is 5.41 Å². The average Bonchev–Trinajstić information content (AvgIpc) is 3.27. The van der Waals surface area contributed by atoms with Crippen LogP contribution in [-0.4, -0.2) is 38.5 Å². The van der Waals surface area contributed by atoms with Crippen LogP contribution in [0.3, 0.4) is 0 Å². The Morgan fingerprint density at radius 2 is 2.19 bits per heavy atom. The van der Waals surface area contributed by atoms with E-state index in [0.29, 0.717) is 44.9 Å². The maximum absolute atomic E-state index is 11.6. The van der Waals surface area contributed by atoms with Crippen molar-refractivity contribution in [3.8, 4) is 0 Å². The fraction of sp³-hybridized carbons (Fsp3) is 0.609. The summed E-state index contributed by atoms with van der Waals surface area (Å²) in [6, 6.07) is 7.02. The number of ether oxygens (including phenoxy) is 3. The summed E-state index contributed by atoms with van der Waals surface area (Å²) < 4.78 is 16.6. The molecule has 1 aromatic rings. The lowest BCUT2D eigenvalue weighted by Gasteiger charge is -2.26. The number of aryl methyl sites for hydroxylation is 1. The molecule has 4 rings (SSSR count). The van der Waals surface area contributed by atoms with Gasteiger partial charge in [0.1, 0.15) is 0 Å². The zero-order chi connectivity index (χ0) is 18.7. The molecular weight excluding hydrogens is 340 g/mol. The third kappa shape index (κ3) is 4.27. The normalized spacial score (nSPS) is 29.7. The van der Waals surface area contributed by atoms with Crippen LogP contribution < -0.4 is 0 Å². The number of rotatable bonds is 7. The van der Waals surface area contributed by atoms with Crippen molar-refractivity contribution in [2.75, 3.05) is 26.4 Å². The van der Waals surface area contributed by atoms with Gasteiger partial charge in [0.2, 0.25) is 0 Å². The Morgan fingerprint density at radius 3 is 3.00 bits per heavy atom. The molecule has 0 amide bonds.